The molecule has 3 aromatic rings. The van der Waals surface area contributed by atoms with Crippen molar-refractivity contribution in [2.75, 3.05) is 0 Å². The van der Waals surface area contributed by atoms with Gasteiger partial charge in [-0.05, 0) is 85.4 Å². The van der Waals surface area contributed by atoms with E-state index in [-0.39, 0.29) is 5.78 Å². The van der Waals surface area contributed by atoms with Crippen molar-refractivity contribution < 1.29 is 13.9 Å². The second-order valence-corrected chi connectivity index (χ2v) is 7.86. The largest absolute Gasteiger partial charge is 0.486 e. The summed E-state index contributed by atoms with van der Waals surface area (Å²) in [5, 5.41) is 0. The third-order valence-electron chi connectivity index (χ3n) is 4.79. The van der Waals surface area contributed by atoms with Crippen LogP contribution in [-0.2, 0) is 25.9 Å². The zero-order valence-electron chi connectivity index (χ0n) is 15.4. The minimum Gasteiger partial charge on any atom is -0.486 e. The lowest BCUT2D eigenvalue weighted by atomic mass is 10.1. The first-order valence-corrected chi connectivity index (χ1v) is 10.2. The highest BCUT2D eigenvalue weighted by Crippen LogP contribution is 2.26. The first-order valence-electron chi connectivity index (χ1n) is 9.35. The van der Waals surface area contributed by atoms with Crippen LogP contribution in [0.1, 0.15) is 50.5 Å². The number of rotatable bonds is 7. The Balaban J connectivity index is 1.35. The van der Waals surface area contributed by atoms with E-state index < -0.39 is 0 Å². The first kappa shape index (κ1) is 17.8. The van der Waals surface area contributed by atoms with Gasteiger partial charge < -0.3 is 9.15 Å². The van der Waals surface area contributed by atoms with Crippen molar-refractivity contribution in [1.82, 2.24) is 0 Å². The molecule has 0 spiro atoms. The molecule has 1 aliphatic rings. The summed E-state index contributed by atoms with van der Waals surface area (Å²) in [7, 11) is 0. The van der Waals surface area contributed by atoms with E-state index in [1.165, 1.54) is 28.8 Å². The zero-order chi connectivity index (χ0) is 18.6. The molecule has 0 N–H and O–H groups in total. The van der Waals surface area contributed by atoms with E-state index >= 15 is 0 Å². The number of fused-ring (bicyclic) bond motifs is 1. The predicted molar refractivity (Wildman–Crippen MR) is 109 cm³/mol. The number of ketones is 1. The van der Waals surface area contributed by atoms with Crippen LogP contribution in [0.25, 0.3) is 6.08 Å². The maximum atomic E-state index is 12.2. The number of ether oxygens (including phenoxy) is 1. The number of hydrogen-bond donors (Lipinski definition) is 0. The molecule has 0 radical (unpaired) electrons. The molecule has 1 aliphatic carbocycles. The lowest BCUT2D eigenvalue weighted by Gasteiger charge is -2.06. The van der Waals surface area contributed by atoms with Crippen molar-refractivity contribution >= 4 is 23.2 Å². The fraction of sp³-hybridized carbons (Fsp3) is 0.261. The predicted octanol–water partition coefficient (Wildman–Crippen LogP) is 5.87. The van der Waals surface area contributed by atoms with Gasteiger partial charge in [-0.1, -0.05) is 13.0 Å². The molecule has 2 heterocycles. The first-order chi connectivity index (χ1) is 13.2. The number of carbonyl (C=O) groups excluding carboxylic acids is 1. The van der Waals surface area contributed by atoms with Crippen LogP contribution in [0.3, 0.4) is 0 Å². The van der Waals surface area contributed by atoms with Gasteiger partial charge in [0.2, 0.25) is 0 Å². The van der Waals surface area contributed by atoms with Crippen molar-refractivity contribution in [2.24, 2.45) is 0 Å². The maximum Gasteiger partial charge on any atom is 0.195 e. The van der Waals surface area contributed by atoms with Gasteiger partial charge >= 0.3 is 0 Å². The summed E-state index contributed by atoms with van der Waals surface area (Å²) in [5.74, 6) is 2.28. The Labute approximate surface area is 163 Å². The Bertz CT molecular complexity index is 977. The summed E-state index contributed by atoms with van der Waals surface area (Å²) in [6.07, 6.45) is 7.78. The molecular formula is C23H22O3S. The SMILES string of the molecule is CCc1ccc(C(=O)/C=C/c2ccc(COc3ccc4c(c3)CCC4)o2)s1. The number of benzene rings is 1. The molecule has 2 aromatic heterocycles. The summed E-state index contributed by atoms with van der Waals surface area (Å²) in [5.41, 5.74) is 2.84. The molecule has 0 unspecified atom stereocenters. The molecular weight excluding hydrogens is 356 g/mol. The minimum atomic E-state index is 0.00652. The van der Waals surface area contributed by atoms with Gasteiger partial charge in [0.05, 0.1) is 4.88 Å². The van der Waals surface area contributed by atoms with Crippen LogP contribution >= 0.6 is 11.3 Å². The lowest BCUT2D eigenvalue weighted by Crippen LogP contribution is -1.94. The van der Waals surface area contributed by atoms with E-state index in [2.05, 4.69) is 19.1 Å². The van der Waals surface area contributed by atoms with Crippen molar-refractivity contribution in [3.05, 3.63) is 80.9 Å². The Kier molecular flexibility index (Phi) is 5.26. The molecule has 0 fully saturated rings. The summed E-state index contributed by atoms with van der Waals surface area (Å²) in [6, 6.07) is 14.0. The van der Waals surface area contributed by atoms with Crippen molar-refractivity contribution in [3.8, 4) is 5.75 Å². The Morgan fingerprint density at radius 3 is 2.89 bits per heavy atom. The summed E-state index contributed by atoms with van der Waals surface area (Å²) in [4.78, 5) is 14.2. The Morgan fingerprint density at radius 2 is 2.04 bits per heavy atom. The summed E-state index contributed by atoms with van der Waals surface area (Å²) in [6.45, 7) is 2.47. The third kappa shape index (κ3) is 4.22. The summed E-state index contributed by atoms with van der Waals surface area (Å²) < 4.78 is 11.6. The fourth-order valence-electron chi connectivity index (χ4n) is 3.29. The Morgan fingerprint density at radius 1 is 1.15 bits per heavy atom. The van der Waals surface area contributed by atoms with Crippen LogP contribution in [-0.4, -0.2) is 5.78 Å². The van der Waals surface area contributed by atoms with Gasteiger partial charge in [0, 0.05) is 4.88 Å². The van der Waals surface area contributed by atoms with Crippen molar-refractivity contribution in [3.63, 3.8) is 0 Å². The summed E-state index contributed by atoms with van der Waals surface area (Å²) >= 11 is 1.54. The number of thiophene rings is 1. The number of hydrogen-bond acceptors (Lipinski definition) is 4. The van der Waals surface area contributed by atoms with E-state index in [1.54, 1.807) is 23.5 Å². The van der Waals surface area contributed by atoms with Crippen molar-refractivity contribution in [2.45, 2.75) is 39.2 Å². The van der Waals surface area contributed by atoms with Crippen LogP contribution in [0.2, 0.25) is 0 Å². The fourth-order valence-corrected chi connectivity index (χ4v) is 4.16. The molecule has 0 amide bonds. The second-order valence-electron chi connectivity index (χ2n) is 6.69. The molecule has 0 saturated heterocycles. The maximum absolute atomic E-state index is 12.2. The van der Waals surface area contributed by atoms with E-state index in [0.717, 1.165) is 29.2 Å². The molecule has 3 nitrogen and oxygen atoms in total. The highest BCUT2D eigenvalue weighted by molar-refractivity contribution is 7.14. The molecule has 27 heavy (non-hydrogen) atoms. The average molecular weight is 378 g/mol. The minimum absolute atomic E-state index is 0.00652. The number of carbonyl (C=O) groups is 1. The molecule has 0 bridgehead atoms. The monoisotopic (exact) mass is 378 g/mol. The molecule has 4 heteroatoms. The van der Waals surface area contributed by atoms with E-state index in [4.69, 9.17) is 9.15 Å². The van der Waals surface area contributed by atoms with E-state index in [9.17, 15) is 4.79 Å². The molecule has 0 aliphatic heterocycles. The van der Waals surface area contributed by atoms with Crippen LogP contribution in [0.4, 0.5) is 0 Å². The van der Waals surface area contributed by atoms with Gasteiger partial charge in [-0.25, -0.2) is 0 Å². The smallest absolute Gasteiger partial charge is 0.195 e. The van der Waals surface area contributed by atoms with Gasteiger partial charge in [-0.15, -0.1) is 11.3 Å². The van der Waals surface area contributed by atoms with Gasteiger partial charge in [0.1, 0.15) is 23.9 Å². The van der Waals surface area contributed by atoms with Crippen LogP contribution in [0, 0.1) is 0 Å². The van der Waals surface area contributed by atoms with Crippen LogP contribution in [0.5, 0.6) is 5.75 Å². The Hall–Kier alpha value is -2.59. The zero-order valence-corrected chi connectivity index (χ0v) is 16.2. The van der Waals surface area contributed by atoms with Gasteiger partial charge in [0.15, 0.2) is 5.78 Å². The van der Waals surface area contributed by atoms with E-state index in [1.807, 2.05) is 30.3 Å². The quantitative estimate of drug-likeness (QED) is 0.381. The van der Waals surface area contributed by atoms with Gasteiger partial charge in [0.25, 0.3) is 0 Å². The molecule has 138 valence electrons. The third-order valence-corrected chi connectivity index (χ3v) is 6.03. The highest BCUT2D eigenvalue weighted by Gasteiger charge is 2.11. The number of allylic oxidation sites excluding steroid dienone is 1. The molecule has 4 rings (SSSR count). The second kappa shape index (κ2) is 7.97. The molecule has 0 atom stereocenters. The molecule has 0 saturated carbocycles. The van der Waals surface area contributed by atoms with E-state index in [0.29, 0.717) is 12.4 Å². The number of furan rings is 1. The highest BCUT2D eigenvalue weighted by atomic mass is 32.1. The van der Waals surface area contributed by atoms with Crippen molar-refractivity contribution in [1.29, 1.82) is 0 Å². The normalized spacial score (nSPS) is 13.2. The average Bonchev–Trinajstić information content (AvgIpc) is 3.44. The topological polar surface area (TPSA) is 39.4 Å². The van der Waals surface area contributed by atoms with Crippen LogP contribution < -0.4 is 4.74 Å². The molecule has 1 aromatic carbocycles. The standard InChI is InChI=1S/C23H22O3S/c1-2-21-11-13-23(27-21)22(24)12-10-18-8-9-20(26-18)15-25-19-7-6-16-4-3-5-17(16)14-19/h6-14H,2-5,15H2,1H3/b12-10+. The number of aryl methyl sites for hydroxylation is 3. The van der Waals surface area contributed by atoms with Gasteiger partial charge in [-0.2, -0.15) is 0 Å². The van der Waals surface area contributed by atoms with Gasteiger partial charge in [-0.3, -0.25) is 4.79 Å². The van der Waals surface area contributed by atoms with Crippen LogP contribution in [0.15, 0.2) is 53.0 Å². The lowest BCUT2D eigenvalue weighted by molar-refractivity contribution is 0.105.